The Bertz CT molecular complexity index is 2660. The normalized spacial score (nSPS) is 12.1. The van der Waals surface area contributed by atoms with Gasteiger partial charge in [-0.25, -0.2) is 0 Å². The molecule has 0 saturated carbocycles. The molecule has 214 valence electrons. The summed E-state index contributed by atoms with van der Waals surface area (Å²) in [5.41, 5.74) is 10.8. The fourth-order valence-electron chi connectivity index (χ4n) is 7.60. The van der Waals surface area contributed by atoms with Crippen LogP contribution in [0.2, 0.25) is 0 Å². The first-order chi connectivity index (χ1) is 22.8. The SMILES string of the molecule is c1ccc(-n2c3ccccc3c3cc4ccccc4c(-c4cccc(-c5ccc6c7c(cccc57)-c5ccccc5O6)c4)c32)cc1. The Hall–Kier alpha value is -6.12. The van der Waals surface area contributed by atoms with E-state index in [1.165, 1.54) is 71.2 Å². The minimum Gasteiger partial charge on any atom is -0.456 e. The Labute approximate surface area is 266 Å². The molecule has 0 fully saturated rings. The summed E-state index contributed by atoms with van der Waals surface area (Å²) in [4.78, 5) is 0. The molecule has 0 spiro atoms. The van der Waals surface area contributed by atoms with E-state index in [1.54, 1.807) is 0 Å². The van der Waals surface area contributed by atoms with Gasteiger partial charge in [-0.1, -0.05) is 121 Å². The second kappa shape index (κ2) is 9.69. The maximum Gasteiger partial charge on any atom is 0.135 e. The van der Waals surface area contributed by atoms with Crippen LogP contribution in [0.5, 0.6) is 11.5 Å². The van der Waals surface area contributed by atoms with Crippen molar-refractivity contribution >= 4 is 43.4 Å². The Balaban J connectivity index is 1.27. The molecule has 0 unspecified atom stereocenters. The Kier molecular flexibility index (Phi) is 5.31. The summed E-state index contributed by atoms with van der Waals surface area (Å²) < 4.78 is 8.85. The molecule has 1 aliphatic rings. The molecule has 1 aromatic heterocycles. The van der Waals surface area contributed by atoms with E-state index in [2.05, 4.69) is 156 Å². The third kappa shape index (κ3) is 3.59. The van der Waals surface area contributed by atoms with Crippen molar-refractivity contribution in [2.75, 3.05) is 0 Å². The lowest BCUT2D eigenvalue weighted by Crippen LogP contribution is -1.98. The van der Waals surface area contributed by atoms with Crippen molar-refractivity contribution in [1.29, 1.82) is 0 Å². The first-order valence-corrected chi connectivity index (χ1v) is 15.8. The summed E-state index contributed by atoms with van der Waals surface area (Å²) in [5, 5.41) is 7.37. The van der Waals surface area contributed by atoms with Crippen molar-refractivity contribution in [1.82, 2.24) is 4.57 Å². The third-order valence-electron chi connectivity index (χ3n) is 9.56. The van der Waals surface area contributed by atoms with Crippen LogP contribution in [0.4, 0.5) is 0 Å². The van der Waals surface area contributed by atoms with Gasteiger partial charge in [0.1, 0.15) is 11.5 Å². The van der Waals surface area contributed by atoms with Crippen molar-refractivity contribution in [3.63, 3.8) is 0 Å². The first-order valence-electron chi connectivity index (χ1n) is 15.8. The number of fused-ring (bicyclic) bond motifs is 6. The highest BCUT2D eigenvalue weighted by molar-refractivity contribution is 6.21. The molecule has 0 N–H and O–H groups in total. The van der Waals surface area contributed by atoms with Gasteiger partial charge in [-0.05, 0) is 80.9 Å². The van der Waals surface area contributed by atoms with E-state index in [9.17, 15) is 0 Å². The van der Waals surface area contributed by atoms with Gasteiger partial charge in [0.05, 0.1) is 11.0 Å². The topological polar surface area (TPSA) is 14.2 Å². The van der Waals surface area contributed by atoms with E-state index >= 15 is 0 Å². The highest BCUT2D eigenvalue weighted by Gasteiger charge is 2.23. The number of hydrogen-bond acceptors (Lipinski definition) is 1. The van der Waals surface area contributed by atoms with Gasteiger partial charge in [0.2, 0.25) is 0 Å². The molecule has 0 aliphatic carbocycles. The lowest BCUT2D eigenvalue weighted by Gasteiger charge is -2.22. The van der Waals surface area contributed by atoms with E-state index < -0.39 is 0 Å². The van der Waals surface area contributed by atoms with Crippen molar-refractivity contribution in [2.45, 2.75) is 0 Å². The molecule has 2 heterocycles. The second-order valence-electron chi connectivity index (χ2n) is 12.1. The van der Waals surface area contributed by atoms with Crippen molar-refractivity contribution in [3.05, 3.63) is 164 Å². The molecule has 8 aromatic carbocycles. The maximum atomic E-state index is 6.41. The lowest BCUT2D eigenvalue weighted by molar-refractivity contribution is 0.487. The van der Waals surface area contributed by atoms with E-state index in [0.29, 0.717) is 0 Å². The molecule has 2 nitrogen and oxygen atoms in total. The molecule has 10 rings (SSSR count). The van der Waals surface area contributed by atoms with Gasteiger partial charge < -0.3 is 9.30 Å². The smallest absolute Gasteiger partial charge is 0.135 e. The van der Waals surface area contributed by atoms with Crippen molar-refractivity contribution in [2.24, 2.45) is 0 Å². The predicted molar refractivity (Wildman–Crippen MR) is 192 cm³/mol. The van der Waals surface area contributed by atoms with E-state index in [4.69, 9.17) is 4.74 Å². The average Bonchev–Trinajstić information content (AvgIpc) is 3.45. The molecule has 0 atom stereocenters. The second-order valence-corrected chi connectivity index (χ2v) is 12.1. The largest absolute Gasteiger partial charge is 0.456 e. The van der Waals surface area contributed by atoms with Gasteiger partial charge in [0.25, 0.3) is 0 Å². The predicted octanol–water partition coefficient (Wildman–Crippen LogP) is 12.2. The van der Waals surface area contributed by atoms with Crippen LogP contribution in [0.3, 0.4) is 0 Å². The molecule has 0 amide bonds. The van der Waals surface area contributed by atoms with E-state index in [0.717, 1.165) is 22.7 Å². The van der Waals surface area contributed by atoms with Gasteiger partial charge in [-0.15, -0.1) is 0 Å². The standard InChI is InChI=1S/C44H27NO/c1-2-15-31(16-3-1)45-39-22-8-6-18-34(39)38-27-29-12-4-5-17-33(29)42(44(38)45)30-14-10-13-28(26-30)32-24-25-41-43-36(32)20-11-21-37(43)35-19-7-9-23-40(35)46-41/h1-27H. The first kappa shape index (κ1) is 25.2. The monoisotopic (exact) mass is 585 g/mol. The summed E-state index contributed by atoms with van der Waals surface area (Å²) in [5.74, 6) is 1.82. The minimum absolute atomic E-state index is 0.908. The summed E-state index contributed by atoms with van der Waals surface area (Å²) in [7, 11) is 0. The Morgan fingerprint density at radius 2 is 1.13 bits per heavy atom. The number of para-hydroxylation sites is 3. The molecular weight excluding hydrogens is 558 g/mol. The number of rotatable bonds is 3. The van der Waals surface area contributed by atoms with Gasteiger partial charge in [-0.2, -0.15) is 0 Å². The van der Waals surface area contributed by atoms with Crippen LogP contribution in [0.1, 0.15) is 0 Å². The van der Waals surface area contributed by atoms with Crippen LogP contribution in [0, 0.1) is 0 Å². The highest BCUT2D eigenvalue weighted by Crippen LogP contribution is 2.49. The van der Waals surface area contributed by atoms with Gasteiger partial charge in [0.15, 0.2) is 0 Å². The molecule has 0 bridgehead atoms. The Morgan fingerprint density at radius 1 is 0.413 bits per heavy atom. The van der Waals surface area contributed by atoms with Crippen molar-refractivity contribution < 1.29 is 4.74 Å². The molecule has 0 saturated heterocycles. The average molecular weight is 586 g/mol. The maximum absolute atomic E-state index is 6.41. The summed E-state index contributed by atoms with van der Waals surface area (Å²) in [6, 6.07) is 59.0. The van der Waals surface area contributed by atoms with Crippen LogP contribution < -0.4 is 4.74 Å². The zero-order valence-corrected chi connectivity index (χ0v) is 24.9. The number of benzene rings is 8. The van der Waals surface area contributed by atoms with Crippen LogP contribution in [0.25, 0.3) is 82.4 Å². The van der Waals surface area contributed by atoms with Crippen LogP contribution in [-0.2, 0) is 0 Å². The lowest BCUT2D eigenvalue weighted by atomic mass is 9.89. The van der Waals surface area contributed by atoms with Gasteiger partial charge in [0, 0.05) is 33.0 Å². The quantitative estimate of drug-likeness (QED) is 0.201. The highest BCUT2D eigenvalue weighted by atomic mass is 16.5. The fourth-order valence-corrected chi connectivity index (χ4v) is 7.60. The van der Waals surface area contributed by atoms with Gasteiger partial charge in [-0.3, -0.25) is 0 Å². The molecule has 9 aromatic rings. The number of aromatic nitrogens is 1. The number of hydrogen-bond donors (Lipinski definition) is 0. The number of nitrogens with zero attached hydrogens (tertiary/aromatic N) is 1. The Morgan fingerprint density at radius 3 is 2.07 bits per heavy atom. The summed E-state index contributed by atoms with van der Waals surface area (Å²) >= 11 is 0. The molecule has 2 heteroatoms. The van der Waals surface area contributed by atoms with Crippen LogP contribution in [-0.4, -0.2) is 4.57 Å². The van der Waals surface area contributed by atoms with E-state index in [1.807, 2.05) is 12.1 Å². The zero-order valence-electron chi connectivity index (χ0n) is 24.9. The van der Waals surface area contributed by atoms with Crippen LogP contribution >= 0.6 is 0 Å². The molecule has 0 radical (unpaired) electrons. The van der Waals surface area contributed by atoms with Crippen molar-refractivity contribution in [3.8, 4) is 50.6 Å². The molecule has 1 aliphatic heterocycles. The third-order valence-corrected chi connectivity index (χ3v) is 9.56. The summed E-state index contributed by atoms with van der Waals surface area (Å²) in [6.45, 7) is 0. The zero-order chi connectivity index (χ0) is 30.2. The van der Waals surface area contributed by atoms with Crippen LogP contribution in [0.15, 0.2) is 164 Å². The number of ether oxygens (including phenoxy) is 1. The molecule has 46 heavy (non-hydrogen) atoms. The van der Waals surface area contributed by atoms with Gasteiger partial charge >= 0.3 is 0 Å². The minimum atomic E-state index is 0.908. The molecular formula is C44H27NO. The summed E-state index contributed by atoms with van der Waals surface area (Å²) in [6.07, 6.45) is 0. The fraction of sp³-hybridized carbons (Fsp3) is 0. The van der Waals surface area contributed by atoms with E-state index in [-0.39, 0.29) is 0 Å².